The zero-order valence-electron chi connectivity index (χ0n) is 17.6. The number of nitro benzene ring substituents is 1. The van der Waals surface area contributed by atoms with E-state index >= 15 is 0 Å². The van der Waals surface area contributed by atoms with Crippen LogP contribution in [0.4, 0.5) is 11.4 Å². The number of furan rings is 1. The van der Waals surface area contributed by atoms with Crippen LogP contribution in [0.5, 0.6) is 11.5 Å². The number of nitrogens with zero attached hydrogens (tertiary/aromatic N) is 2. The monoisotopic (exact) mass is 432 g/mol. The smallest absolute Gasteiger partial charge is 0.276 e. The fraction of sp³-hybridized carbons (Fsp3) is 0.130. The Kier molecular flexibility index (Phi) is 5.46. The van der Waals surface area contributed by atoms with E-state index in [0.29, 0.717) is 17.2 Å². The Morgan fingerprint density at radius 1 is 1.16 bits per heavy atom. The molecule has 162 valence electrons. The molecule has 0 atom stereocenters. The van der Waals surface area contributed by atoms with Crippen LogP contribution in [0.15, 0.2) is 59.2 Å². The second-order valence-corrected chi connectivity index (χ2v) is 7.38. The Morgan fingerprint density at radius 3 is 2.69 bits per heavy atom. The molecule has 0 aliphatic carbocycles. The van der Waals surface area contributed by atoms with E-state index in [1.165, 1.54) is 30.5 Å². The van der Waals surface area contributed by atoms with E-state index in [9.17, 15) is 14.9 Å². The Bertz CT molecular complexity index is 1310. The lowest BCUT2D eigenvalue weighted by Crippen LogP contribution is -2.12. The summed E-state index contributed by atoms with van der Waals surface area (Å²) in [5.41, 5.74) is 3.62. The molecule has 9 heteroatoms. The third kappa shape index (κ3) is 4.36. The van der Waals surface area contributed by atoms with E-state index in [-0.39, 0.29) is 22.8 Å². The van der Waals surface area contributed by atoms with Crippen molar-refractivity contribution in [1.29, 1.82) is 0 Å². The summed E-state index contributed by atoms with van der Waals surface area (Å²) in [5.74, 6) is 0.830. The predicted octanol–water partition coefficient (Wildman–Crippen LogP) is 5.55. The molecule has 2 N–H and O–H groups in total. The Balaban J connectivity index is 1.61. The molecule has 0 aliphatic heterocycles. The highest BCUT2D eigenvalue weighted by Gasteiger charge is 2.17. The number of nitro groups is 1. The Morgan fingerprint density at radius 2 is 1.97 bits per heavy atom. The Labute approximate surface area is 183 Å². The number of benzene rings is 2. The van der Waals surface area contributed by atoms with Crippen molar-refractivity contribution >= 4 is 17.3 Å². The number of anilines is 1. The van der Waals surface area contributed by atoms with Crippen molar-refractivity contribution in [2.45, 2.75) is 20.8 Å². The van der Waals surface area contributed by atoms with Gasteiger partial charge in [-0.05, 0) is 55.7 Å². The van der Waals surface area contributed by atoms with Crippen LogP contribution in [-0.2, 0) is 0 Å². The van der Waals surface area contributed by atoms with Gasteiger partial charge in [0.25, 0.3) is 11.6 Å². The largest absolute Gasteiger partial charge is 0.463 e. The molecular weight excluding hydrogens is 412 g/mol. The summed E-state index contributed by atoms with van der Waals surface area (Å²) < 4.78 is 11.2. The summed E-state index contributed by atoms with van der Waals surface area (Å²) in [6.07, 6.45) is 1.51. The minimum atomic E-state index is -0.541. The predicted molar refractivity (Wildman–Crippen MR) is 118 cm³/mol. The second-order valence-electron chi connectivity index (χ2n) is 7.38. The molecule has 4 aromatic rings. The van der Waals surface area contributed by atoms with Gasteiger partial charge in [-0.25, -0.2) is 0 Å². The molecule has 0 saturated carbocycles. The van der Waals surface area contributed by atoms with E-state index in [4.69, 9.17) is 9.15 Å². The van der Waals surface area contributed by atoms with E-state index in [0.717, 1.165) is 16.7 Å². The first-order chi connectivity index (χ1) is 15.3. The minimum Gasteiger partial charge on any atom is -0.463 e. The number of rotatable bonds is 6. The average molecular weight is 432 g/mol. The number of nitrogens with one attached hydrogen (secondary N) is 2. The number of hydrogen-bond donors (Lipinski definition) is 2. The van der Waals surface area contributed by atoms with Gasteiger partial charge in [0, 0.05) is 18.2 Å². The van der Waals surface area contributed by atoms with Crippen molar-refractivity contribution in [3.63, 3.8) is 0 Å². The quantitative estimate of drug-likeness (QED) is 0.304. The highest BCUT2D eigenvalue weighted by molar-refractivity contribution is 6.03. The van der Waals surface area contributed by atoms with E-state index in [1.54, 1.807) is 12.1 Å². The van der Waals surface area contributed by atoms with Crippen LogP contribution >= 0.6 is 0 Å². The number of H-pyrrole nitrogens is 1. The fourth-order valence-electron chi connectivity index (χ4n) is 3.24. The van der Waals surface area contributed by atoms with Gasteiger partial charge in [0.2, 0.25) is 0 Å². The van der Waals surface area contributed by atoms with Gasteiger partial charge in [-0.2, -0.15) is 5.10 Å². The molecule has 0 unspecified atom stereocenters. The van der Waals surface area contributed by atoms with Crippen molar-refractivity contribution in [3.05, 3.63) is 87.3 Å². The molecular formula is C23H20N4O5. The number of aromatic amines is 1. The molecule has 0 radical (unpaired) electrons. The molecule has 4 rings (SSSR count). The summed E-state index contributed by atoms with van der Waals surface area (Å²) >= 11 is 0. The molecule has 1 amide bonds. The van der Waals surface area contributed by atoms with Crippen molar-refractivity contribution < 1.29 is 18.9 Å². The third-order valence-electron chi connectivity index (χ3n) is 4.95. The summed E-state index contributed by atoms with van der Waals surface area (Å²) in [6, 6.07) is 13.0. The number of aromatic nitrogens is 2. The van der Waals surface area contributed by atoms with Crippen LogP contribution in [0, 0.1) is 30.9 Å². The van der Waals surface area contributed by atoms with E-state index in [1.807, 2.05) is 32.9 Å². The van der Waals surface area contributed by atoms with Gasteiger partial charge in [-0.1, -0.05) is 6.07 Å². The lowest BCUT2D eigenvalue weighted by molar-refractivity contribution is -0.384. The van der Waals surface area contributed by atoms with E-state index < -0.39 is 10.8 Å². The molecule has 9 nitrogen and oxygen atoms in total. The lowest BCUT2D eigenvalue weighted by atomic mass is 10.1. The SMILES string of the molecule is Cc1cc(C)c(C)c(Oc2cc(NC(=O)c3cc(-c4ccco4)[nH]n3)cc([N+](=O)[O-])c2)c1. The molecule has 2 heterocycles. The molecule has 2 aromatic carbocycles. The van der Waals surface area contributed by atoms with Crippen LogP contribution in [0.2, 0.25) is 0 Å². The van der Waals surface area contributed by atoms with Crippen LogP contribution in [-0.4, -0.2) is 21.0 Å². The zero-order valence-corrected chi connectivity index (χ0v) is 17.6. The summed E-state index contributed by atoms with van der Waals surface area (Å²) in [5, 5.41) is 20.8. The number of aryl methyl sites for hydroxylation is 2. The van der Waals surface area contributed by atoms with Gasteiger partial charge >= 0.3 is 0 Å². The maximum Gasteiger partial charge on any atom is 0.276 e. The van der Waals surface area contributed by atoms with Gasteiger partial charge < -0.3 is 14.5 Å². The van der Waals surface area contributed by atoms with Gasteiger partial charge in [-0.3, -0.25) is 20.0 Å². The molecule has 0 bridgehead atoms. The van der Waals surface area contributed by atoms with Crippen molar-refractivity contribution in [1.82, 2.24) is 10.2 Å². The molecule has 0 aliphatic rings. The highest BCUT2D eigenvalue weighted by Crippen LogP contribution is 2.33. The van der Waals surface area contributed by atoms with Crippen molar-refractivity contribution in [3.8, 4) is 23.0 Å². The standard InChI is InChI=1S/C23H20N4O5/c1-13-7-14(2)15(3)22(8-13)32-18-10-16(9-17(11-18)27(29)30)24-23(28)20-12-19(25-26-20)21-5-4-6-31-21/h4-12H,1-3H3,(H,24,28)(H,25,26). The van der Waals surface area contributed by atoms with Gasteiger partial charge in [0.15, 0.2) is 11.5 Å². The first kappa shape index (κ1) is 20.9. The number of hydrogen-bond acceptors (Lipinski definition) is 6. The number of carbonyl (C=O) groups is 1. The molecule has 2 aromatic heterocycles. The number of carbonyl (C=O) groups excluding carboxylic acids is 1. The summed E-state index contributed by atoms with van der Waals surface area (Å²) in [6.45, 7) is 5.83. The van der Waals surface area contributed by atoms with Gasteiger partial charge in [0.05, 0.1) is 22.9 Å². The molecule has 32 heavy (non-hydrogen) atoms. The minimum absolute atomic E-state index is 0.107. The van der Waals surface area contributed by atoms with Gasteiger partial charge in [-0.15, -0.1) is 0 Å². The van der Waals surface area contributed by atoms with E-state index in [2.05, 4.69) is 15.5 Å². The zero-order chi connectivity index (χ0) is 22.8. The summed E-state index contributed by atoms with van der Waals surface area (Å²) in [7, 11) is 0. The van der Waals surface area contributed by atoms with Crippen LogP contribution < -0.4 is 10.1 Å². The first-order valence-corrected chi connectivity index (χ1v) is 9.76. The fourth-order valence-corrected chi connectivity index (χ4v) is 3.24. The number of non-ortho nitro benzene ring substituents is 1. The molecule has 0 spiro atoms. The topological polar surface area (TPSA) is 123 Å². The van der Waals surface area contributed by atoms with Gasteiger partial charge in [0.1, 0.15) is 17.2 Å². The van der Waals surface area contributed by atoms with Crippen LogP contribution in [0.3, 0.4) is 0 Å². The van der Waals surface area contributed by atoms with Crippen LogP contribution in [0.1, 0.15) is 27.2 Å². The normalized spacial score (nSPS) is 10.7. The maximum absolute atomic E-state index is 12.7. The first-order valence-electron chi connectivity index (χ1n) is 9.76. The maximum atomic E-state index is 12.7. The third-order valence-corrected chi connectivity index (χ3v) is 4.95. The Hall–Kier alpha value is -4.40. The number of amides is 1. The van der Waals surface area contributed by atoms with Crippen molar-refractivity contribution in [2.24, 2.45) is 0 Å². The summed E-state index contributed by atoms with van der Waals surface area (Å²) in [4.78, 5) is 23.5. The van der Waals surface area contributed by atoms with Crippen LogP contribution in [0.25, 0.3) is 11.5 Å². The molecule has 0 fully saturated rings. The lowest BCUT2D eigenvalue weighted by Gasteiger charge is -2.13. The average Bonchev–Trinajstić information content (AvgIpc) is 3.43. The highest BCUT2D eigenvalue weighted by atomic mass is 16.6. The number of ether oxygens (including phenoxy) is 1. The molecule has 0 saturated heterocycles. The van der Waals surface area contributed by atoms with Crippen molar-refractivity contribution in [2.75, 3.05) is 5.32 Å². The second kappa shape index (κ2) is 8.38.